The summed E-state index contributed by atoms with van der Waals surface area (Å²) in [4.78, 5) is 3.82. The maximum atomic E-state index is 9.09. The Hall–Kier alpha value is -1.73. The fourth-order valence-corrected chi connectivity index (χ4v) is 2.05. The second kappa shape index (κ2) is 4.42. The number of hydrogen-bond donors (Lipinski definition) is 2. The fourth-order valence-electron chi connectivity index (χ4n) is 2.05. The molecule has 84 valence electrons. The highest BCUT2D eigenvalue weighted by atomic mass is 15.2. The SMILES string of the molecule is C[NH+]1CCN(c2ccc(N)cc2C#N)CC1. The number of anilines is 2. The molecule has 1 aliphatic rings. The quantitative estimate of drug-likeness (QED) is 0.622. The smallest absolute Gasteiger partial charge is 0.101 e. The Balaban J connectivity index is 2.24. The van der Waals surface area contributed by atoms with Crippen molar-refractivity contribution in [2.24, 2.45) is 0 Å². The number of hydrogen-bond acceptors (Lipinski definition) is 3. The molecule has 1 aromatic carbocycles. The number of nitrogens with one attached hydrogen (secondary N) is 1. The van der Waals surface area contributed by atoms with Crippen molar-refractivity contribution in [2.45, 2.75) is 0 Å². The van der Waals surface area contributed by atoms with Crippen molar-refractivity contribution in [3.05, 3.63) is 23.8 Å². The monoisotopic (exact) mass is 217 g/mol. The summed E-state index contributed by atoms with van der Waals surface area (Å²) in [6, 6.07) is 7.78. The molecule has 4 nitrogen and oxygen atoms in total. The van der Waals surface area contributed by atoms with Crippen LogP contribution >= 0.6 is 0 Å². The number of nitrogens with two attached hydrogens (primary N) is 1. The number of rotatable bonds is 1. The van der Waals surface area contributed by atoms with Crippen molar-refractivity contribution in [1.82, 2.24) is 0 Å². The molecule has 1 aliphatic heterocycles. The van der Waals surface area contributed by atoms with Gasteiger partial charge in [0.2, 0.25) is 0 Å². The summed E-state index contributed by atoms with van der Waals surface area (Å²) in [7, 11) is 2.20. The molecule has 0 bridgehead atoms. The van der Waals surface area contributed by atoms with Gasteiger partial charge in [0.15, 0.2) is 0 Å². The molecule has 16 heavy (non-hydrogen) atoms. The predicted molar refractivity (Wildman–Crippen MR) is 64.4 cm³/mol. The van der Waals surface area contributed by atoms with Gasteiger partial charge >= 0.3 is 0 Å². The van der Waals surface area contributed by atoms with E-state index in [2.05, 4.69) is 18.0 Å². The third-order valence-corrected chi connectivity index (χ3v) is 3.10. The summed E-state index contributed by atoms with van der Waals surface area (Å²) < 4.78 is 0. The zero-order chi connectivity index (χ0) is 11.5. The van der Waals surface area contributed by atoms with Gasteiger partial charge in [-0.05, 0) is 18.2 Å². The molecule has 1 fully saturated rings. The highest BCUT2D eigenvalue weighted by Crippen LogP contribution is 2.22. The van der Waals surface area contributed by atoms with Crippen molar-refractivity contribution in [1.29, 1.82) is 5.26 Å². The maximum Gasteiger partial charge on any atom is 0.101 e. The van der Waals surface area contributed by atoms with Gasteiger partial charge < -0.3 is 15.5 Å². The molecular formula is C12H17N4+. The lowest BCUT2D eigenvalue weighted by Crippen LogP contribution is -3.12. The number of likely N-dealkylation sites (N-methyl/N-ethyl adjacent to an activating group) is 1. The summed E-state index contributed by atoms with van der Waals surface area (Å²) in [6.07, 6.45) is 0. The molecule has 1 heterocycles. The van der Waals surface area contributed by atoms with E-state index in [1.807, 2.05) is 12.1 Å². The van der Waals surface area contributed by atoms with Gasteiger partial charge in [0.1, 0.15) is 6.07 Å². The van der Waals surface area contributed by atoms with Gasteiger partial charge in [-0.3, -0.25) is 0 Å². The second-order valence-electron chi connectivity index (χ2n) is 4.33. The minimum Gasteiger partial charge on any atom is -0.399 e. The van der Waals surface area contributed by atoms with Crippen molar-refractivity contribution in [3.8, 4) is 6.07 Å². The molecule has 0 atom stereocenters. The molecule has 0 saturated carbocycles. The standard InChI is InChI=1S/C12H16N4/c1-15-4-6-16(7-5-15)12-3-2-11(14)8-10(12)9-13/h2-3,8H,4-7,14H2,1H3/p+1. The number of quaternary nitrogens is 1. The van der Waals surface area contributed by atoms with Gasteiger partial charge in [-0.1, -0.05) is 0 Å². The van der Waals surface area contributed by atoms with Crippen LogP contribution in [0.1, 0.15) is 5.56 Å². The zero-order valence-corrected chi connectivity index (χ0v) is 9.53. The molecule has 0 unspecified atom stereocenters. The van der Waals surface area contributed by atoms with Crippen LogP contribution in [0.5, 0.6) is 0 Å². The average molecular weight is 217 g/mol. The number of nitriles is 1. The topological polar surface area (TPSA) is 57.5 Å². The Bertz CT molecular complexity index is 414. The van der Waals surface area contributed by atoms with Crippen LogP contribution < -0.4 is 15.5 Å². The van der Waals surface area contributed by atoms with Crippen LogP contribution in [0.15, 0.2) is 18.2 Å². The van der Waals surface area contributed by atoms with Gasteiger partial charge in [0, 0.05) is 5.69 Å². The molecule has 4 heteroatoms. The Morgan fingerprint density at radius 1 is 1.38 bits per heavy atom. The van der Waals surface area contributed by atoms with E-state index in [4.69, 9.17) is 11.0 Å². The average Bonchev–Trinajstić information content (AvgIpc) is 2.30. The van der Waals surface area contributed by atoms with Crippen molar-refractivity contribution >= 4 is 11.4 Å². The van der Waals surface area contributed by atoms with E-state index in [9.17, 15) is 0 Å². The molecule has 3 N–H and O–H groups in total. The van der Waals surface area contributed by atoms with Gasteiger partial charge in [0.25, 0.3) is 0 Å². The molecule has 1 aromatic rings. The second-order valence-corrected chi connectivity index (χ2v) is 4.33. The highest BCUT2D eigenvalue weighted by molar-refractivity contribution is 5.64. The third kappa shape index (κ3) is 2.10. The molecule has 1 saturated heterocycles. The van der Waals surface area contributed by atoms with E-state index in [-0.39, 0.29) is 0 Å². The van der Waals surface area contributed by atoms with Crippen LogP contribution in [0.3, 0.4) is 0 Å². The normalized spacial score (nSPS) is 17.1. The molecule has 0 aliphatic carbocycles. The summed E-state index contributed by atoms with van der Waals surface area (Å²) in [5.41, 5.74) is 8.03. The van der Waals surface area contributed by atoms with Crippen LogP contribution in [-0.2, 0) is 0 Å². The van der Waals surface area contributed by atoms with Gasteiger partial charge in [-0.15, -0.1) is 0 Å². The van der Waals surface area contributed by atoms with Crippen LogP contribution in [0, 0.1) is 11.3 Å². The number of nitrogens with zero attached hydrogens (tertiary/aromatic N) is 2. The van der Waals surface area contributed by atoms with Crippen LogP contribution in [-0.4, -0.2) is 33.2 Å². The minimum atomic E-state index is 0.653. The Kier molecular flexibility index (Phi) is 2.97. The predicted octanol–water partition coefficient (Wildman–Crippen LogP) is -0.525. The molecule has 0 amide bonds. The van der Waals surface area contributed by atoms with Crippen molar-refractivity contribution in [2.75, 3.05) is 43.9 Å². The van der Waals surface area contributed by atoms with E-state index in [1.54, 1.807) is 11.0 Å². The van der Waals surface area contributed by atoms with E-state index >= 15 is 0 Å². The highest BCUT2D eigenvalue weighted by Gasteiger charge is 2.19. The van der Waals surface area contributed by atoms with Crippen LogP contribution in [0.2, 0.25) is 0 Å². The van der Waals surface area contributed by atoms with E-state index in [0.717, 1.165) is 31.9 Å². The summed E-state index contributed by atoms with van der Waals surface area (Å²) >= 11 is 0. The van der Waals surface area contributed by atoms with Crippen LogP contribution in [0.25, 0.3) is 0 Å². The molecule has 2 rings (SSSR count). The van der Waals surface area contributed by atoms with E-state index in [0.29, 0.717) is 11.3 Å². The lowest BCUT2D eigenvalue weighted by atomic mass is 10.1. The third-order valence-electron chi connectivity index (χ3n) is 3.10. The van der Waals surface area contributed by atoms with Crippen LogP contribution in [0.4, 0.5) is 11.4 Å². The van der Waals surface area contributed by atoms with E-state index in [1.165, 1.54) is 0 Å². The summed E-state index contributed by atoms with van der Waals surface area (Å²) in [6.45, 7) is 4.25. The van der Waals surface area contributed by atoms with E-state index < -0.39 is 0 Å². The Labute approximate surface area is 95.9 Å². The number of piperazine rings is 1. The summed E-state index contributed by atoms with van der Waals surface area (Å²) in [5.74, 6) is 0. The summed E-state index contributed by atoms with van der Waals surface area (Å²) in [5, 5.41) is 9.09. The Morgan fingerprint density at radius 2 is 2.06 bits per heavy atom. The number of nitrogen functional groups attached to an aromatic ring is 1. The Morgan fingerprint density at radius 3 is 2.69 bits per heavy atom. The van der Waals surface area contributed by atoms with Gasteiger partial charge in [0.05, 0.1) is 44.5 Å². The first-order chi connectivity index (χ1) is 7.70. The lowest BCUT2D eigenvalue weighted by Gasteiger charge is -2.32. The van der Waals surface area contributed by atoms with Gasteiger partial charge in [-0.2, -0.15) is 5.26 Å². The zero-order valence-electron chi connectivity index (χ0n) is 9.53. The van der Waals surface area contributed by atoms with Gasteiger partial charge in [-0.25, -0.2) is 0 Å². The number of benzene rings is 1. The van der Waals surface area contributed by atoms with Crippen molar-refractivity contribution < 1.29 is 4.90 Å². The maximum absolute atomic E-state index is 9.09. The first-order valence-electron chi connectivity index (χ1n) is 5.56. The molecule has 0 aromatic heterocycles. The van der Waals surface area contributed by atoms with Crippen molar-refractivity contribution in [3.63, 3.8) is 0 Å². The first kappa shape index (κ1) is 10.8. The molecule has 0 radical (unpaired) electrons. The lowest BCUT2D eigenvalue weighted by molar-refractivity contribution is -0.880. The fraction of sp³-hybridized carbons (Fsp3) is 0.417. The first-order valence-corrected chi connectivity index (χ1v) is 5.56. The molecular weight excluding hydrogens is 200 g/mol. The minimum absolute atomic E-state index is 0.653. The largest absolute Gasteiger partial charge is 0.399 e. The molecule has 0 spiro atoms.